The molecule has 16 heavy (non-hydrogen) atoms. The van der Waals surface area contributed by atoms with Gasteiger partial charge in [-0.2, -0.15) is 0 Å². The molecule has 5 heteroatoms. The number of hydrogen-bond donors (Lipinski definition) is 0. The fraction of sp³-hybridized carbons (Fsp3) is 0.636. The third kappa shape index (κ3) is 1.13. The van der Waals surface area contributed by atoms with Gasteiger partial charge in [-0.15, -0.1) is 0 Å². The molecule has 2 saturated heterocycles. The van der Waals surface area contributed by atoms with Crippen LogP contribution in [0.25, 0.3) is 0 Å². The molecular weight excluding hydrogens is 210 g/mol. The van der Waals surface area contributed by atoms with E-state index in [9.17, 15) is 9.59 Å². The maximum Gasteiger partial charge on any atom is 0.236 e. The molecule has 86 valence electrons. The van der Waals surface area contributed by atoms with Crippen molar-refractivity contribution in [3.63, 3.8) is 0 Å². The largest absolute Gasteiger partial charge is 0.383 e. The number of likely N-dealkylation sites (tertiary alicyclic amines) is 1. The average molecular weight is 223 g/mol. The van der Waals surface area contributed by atoms with Gasteiger partial charge in [0.05, 0.1) is 37.2 Å². The van der Waals surface area contributed by atoms with Gasteiger partial charge in [0.2, 0.25) is 11.8 Å². The molecule has 5 nitrogen and oxygen atoms in total. The number of imide groups is 1. The molecule has 0 spiro atoms. The van der Waals surface area contributed by atoms with E-state index < -0.39 is 0 Å². The lowest BCUT2D eigenvalue weighted by atomic mass is 9.85. The van der Waals surface area contributed by atoms with Gasteiger partial charge in [0.25, 0.3) is 0 Å². The van der Waals surface area contributed by atoms with Gasteiger partial charge in [-0.25, -0.2) is 0 Å². The normalized spacial score (nSPS) is 39.9. The summed E-state index contributed by atoms with van der Waals surface area (Å²) in [5, 5.41) is 0. The van der Waals surface area contributed by atoms with E-state index >= 15 is 0 Å². The summed E-state index contributed by atoms with van der Waals surface area (Å²) in [4.78, 5) is 25.4. The molecule has 3 rings (SSSR count). The molecule has 0 radical (unpaired) electrons. The van der Waals surface area contributed by atoms with E-state index in [0.717, 1.165) is 0 Å². The van der Waals surface area contributed by atoms with E-state index in [1.807, 2.05) is 12.2 Å². The highest BCUT2D eigenvalue weighted by molar-refractivity contribution is 6.06. The maximum atomic E-state index is 12.0. The summed E-state index contributed by atoms with van der Waals surface area (Å²) in [6.07, 6.45) is 3.38. The Morgan fingerprint density at radius 2 is 1.81 bits per heavy atom. The molecule has 0 aromatic heterocycles. The lowest BCUT2D eigenvalue weighted by molar-refractivity contribution is -0.143. The van der Waals surface area contributed by atoms with Gasteiger partial charge in [0, 0.05) is 7.11 Å². The molecule has 2 bridgehead atoms. The molecule has 0 saturated carbocycles. The van der Waals surface area contributed by atoms with Crippen molar-refractivity contribution in [3.8, 4) is 0 Å². The van der Waals surface area contributed by atoms with E-state index in [1.165, 1.54) is 4.90 Å². The summed E-state index contributed by atoms with van der Waals surface area (Å²) in [6, 6.07) is 0. The lowest BCUT2D eigenvalue weighted by Crippen LogP contribution is -2.36. The Labute approximate surface area is 93.0 Å². The number of carbonyl (C=O) groups excluding carboxylic acids is 2. The summed E-state index contributed by atoms with van der Waals surface area (Å²) in [5.74, 6) is -0.800. The van der Waals surface area contributed by atoms with Gasteiger partial charge in [0.1, 0.15) is 0 Å². The van der Waals surface area contributed by atoms with Crippen molar-refractivity contribution in [1.82, 2.24) is 4.90 Å². The number of nitrogens with zero attached hydrogens (tertiary/aromatic N) is 1. The highest BCUT2D eigenvalue weighted by Gasteiger charge is 2.60. The fourth-order valence-corrected chi connectivity index (χ4v) is 2.77. The Bertz CT molecular complexity index is 348. The molecule has 3 unspecified atom stereocenters. The van der Waals surface area contributed by atoms with Crippen LogP contribution < -0.4 is 0 Å². The molecule has 3 aliphatic rings. The van der Waals surface area contributed by atoms with Crippen molar-refractivity contribution in [1.29, 1.82) is 0 Å². The van der Waals surface area contributed by atoms with Crippen LogP contribution in [0.1, 0.15) is 0 Å². The number of rotatable bonds is 3. The van der Waals surface area contributed by atoms with Gasteiger partial charge in [0.15, 0.2) is 0 Å². The summed E-state index contributed by atoms with van der Waals surface area (Å²) in [6.45, 7) is 0.737. The first-order valence-corrected chi connectivity index (χ1v) is 5.42. The molecule has 2 amide bonds. The highest BCUT2D eigenvalue weighted by Crippen LogP contribution is 2.44. The van der Waals surface area contributed by atoms with E-state index in [1.54, 1.807) is 7.11 Å². The van der Waals surface area contributed by atoms with Crippen LogP contribution in [0, 0.1) is 11.8 Å². The summed E-state index contributed by atoms with van der Waals surface area (Å²) in [7, 11) is 1.56. The van der Waals surface area contributed by atoms with Crippen molar-refractivity contribution in [2.45, 2.75) is 12.2 Å². The van der Waals surface area contributed by atoms with Gasteiger partial charge < -0.3 is 9.47 Å². The number of fused-ring (bicyclic) bond motifs is 5. The molecule has 3 heterocycles. The topological polar surface area (TPSA) is 55.8 Å². The SMILES string of the molecule is COCCN1C(=O)C2C3C=CC(O3)[C@H]2C1=O. The number of methoxy groups -OCH3 is 1. The minimum atomic E-state index is -0.292. The third-order valence-corrected chi connectivity index (χ3v) is 3.52. The maximum absolute atomic E-state index is 12.0. The second-order valence-corrected chi connectivity index (χ2v) is 4.32. The summed E-state index contributed by atoms with van der Waals surface area (Å²) >= 11 is 0. The molecule has 0 aromatic rings. The van der Waals surface area contributed by atoms with Crippen molar-refractivity contribution in [2.75, 3.05) is 20.3 Å². The van der Waals surface area contributed by atoms with Crippen LogP contribution in [0.15, 0.2) is 12.2 Å². The fourth-order valence-electron chi connectivity index (χ4n) is 2.77. The number of carbonyl (C=O) groups is 2. The Kier molecular flexibility index (Phi) is 2.12. The van der Waals surface area contributed by atoms with Crippen LogP contribution in [0.5, 0.6) is 0 Å². The first kappa shape index (κ1) is 9.99. The van der Waals surface area contributed by atoms with Crippen LogP contribution in [0.3, 0.4) is 0 Å². The minimum absolute atomic E-state index is 0.107. The quantitative estimate of drug-likeness (QED) is 0.481. The Hall–Kier alpha value is -1.20. The third-order valence-electron chi connectivity index (χ3n) is 3.52. The van der Waals surface area contributed by atoms with Gasteiger partial charge in [-0.1, -0.05) is 12.2 Å². The standard InChI is InChI=1S/C11H13NO4/c1-15-5-4-12-10(13)8-6-2-3-7(16-6)9(8)11(12)14/h2-3,6-9H,4-5H2,1H3/t6?,7?,8-,9?/m1/s1. The Balaban J connectivity index is 1.83. The lowest BCUT2D eigenvalue weighted by Gasteiger charge is -2.16. The van der Waals surface area contributed by atoms with E-state index in [-0.39, 0.29) is 35.9 Å². The predicted molar refractivity (Wildman–Crippen MR) is 53.4 cm³/mol. The number of hydrogen-bond acceptors (Lipinski definition) is 4. The second kappa shape index (κ2) is 3.40. The van der Waals surface area contributed by atoms with E-state index in [2.05, 4.69) is 0 Å². The highest BCUT2D eigenvalue weighted by atomic mass is 16.5. The zero-order chi connectivity index (χ0) is 11.3. The molecule has 0 aliphatic carbocycles. The zero-order valence-corrected chi connectivity index (χ0v) is 8.96. The number of amides is 2. The summed E-state index contributed by atoms with van der Waals surface area (Å²) < 4.78 is 10.4. The molecule has 2 fully saturated rings. The van der Waals surface area contributed by atoms with E-state index in [0.29, 0.717) is 13.2 Å². The van der Waals surface area contributed by atoms with Gasteiger partial charge >= 0.3 is 0 Å². The smallest absolute Gasteiger partial charge is 0.236 e. The van der Waals surface area contributed by atoms with Crippen molar-refractivity contribution in [2.24, 2.45) is 11.8 Å². The van der Waals surface area contributed by atoms with Crippen LogP contribution >= 0.6 is 0 Å². The monoisotopic (exact) mass is 223 g/mol. The Morgan fingerprint density at radius 3 is 2.31 bits per heavy atom. The van der Waals surface area contributed by atoms with Crippen LogP contribution in [-0.4, -0.2) is 49.2 Å². The van der Waals surface area contributed by atoms with E-state index in [4.69, 9.17) is 9.47 Å². The first-order chi connectivity index (χ1) is 7.74. The second-order valence-electron chi connectivity index (χ2n) is 4.32. The molecule has 4 atom stereocenters. The van der Waals surface area contributed by atoms with Crippen LogP contribution in [-0.2, 0) is 19.1 Å². The van der Waals surface area contributed by atoms with Crippen molar-refractivity contribution < 1.29 is 19.1 Å². The molecular formula is C11H13NO4. The Morgan fingerprint density at radius 1 is 1.25 bits per heavy atom. The van der Waals surface area contributed by atoms with Crippen molar-refractivity contribution in [3.05, 3.63) is 12.2 Å². The van der Waals surface area contributed by atoms with Gasteiger partial charge in [-0.3, -0.25) is 14.5 Å². The van der Waals surface area contributed by atoms with Crippen molar-refractivity contribution >= 4 is 11.8 Å². The zero-order valence-electron chi connectivity index (χ0n) is 8.96. The minimum Gasteiger partial charge on any atom is -0.383 e. The first-order valence-electron chi connectivity index (χ1n) is 5.42. The van der Waals surface area contributed by atoms with Crippen LogP contribution in [0.4, 0.5) is 0 Å². The molecule has 3 aliphatic heterocycles. The predicted octanol–water partition coefficient (Wildman–Crippen LogP) is -0.429. The summed E-state index contributed by atoms with van der Waals surface area (Å²) in [5.41, 5.74) is 0. The molecule has 0 N–H and O–H groups in total. The average Bonchev–Trinajstić information content (AvgIpc) is 2.92. The van der Waals surface area contributed by atoms with Gasteiger partial charge in [-0.05, 0) is 0 Å². The molecule has 0 aromatic carbocycles. The number of ether oxygens (including phenoxy) is 2. The van der Waals surface area contributed by atoms with Crippen LogP contribution in [0.2, 0.25) is 0 Å².